The number of benzene rings is 1. The highest BCUT2D eigenvalue weighted by atomic mass is 19.1. The molecular weight excluding hydrogens is 189 g/mol. The number of halogens is 1. The van der Waals surface area contributed by atoms with Crippen LogP contribution in [0.25, 0.3) is 0 Å². The molecule has 0 aliphatic heterocycles. The van der Waals surface area contributed by atoms with Crippen LogP contribution >= 0.6 is 0 Å². The molecule has 1 aromatic rings. The van der Waals surface area contributed by atoms with Crippen molar-refractivity contribution in [3.63, 3.8) is 0 Å². The summed E-state index contributed by atoms with van der Waals surface area (Å²) in [5.41, 5.74) is 1.75. The average Bonchev–Trinajstić information content (AvgIpc) is 3.03. The topological polar surface area (TPSA) is 12.0 Å². The molecule has 1 aliphatic rings. The summed E-state index contributed by atoms with van der Waals surface area (Å²) in [4.78, 5) is 0. The molecule has 82 valence electrons. The molecule has 0 radical (unpaired) electrons. The Labute approximate surface area is 90.7 Å². The van der Waals surface area contributed by atoms with Gasteiger partial charge in [0.25, 0.3) is 0 Å². The van der Waals surface area contributed by atoms with Gasteiger partial charge in [-0.25, -0.2) is 4.39 Å². The van der Waals surface area contributed by atoms with Gasteiger partial charge in [0, 0.05) is 12.6 Å². The number of nitrogens with one attached hydrogen (secondary N) is 1. The van der Waals surface area contributed by atoms with Crippen molar-refractivity contribution in [3.05, 3.63) is 35.1 Å². The van der Waals surface area contributed by atoms with Crippen molar-refractivity contribution in [1.29, 1.82) is 0 Å². The molecule has 15 heavy (non-hydrogen) atoms. The third-order valence-electron chi connectivity index (χ3n) is 3.19. The number of rotatable bonds is 4. The Morgan fingerprint density at radius 2 is 2.20 bits per heavy atom. The highest BCUT2D eigenvalue weighted by molar-refractivity contribution is 5.23. The molecule has 1 fully saturated rings. The Morgan fingerprint density at radius 3 is 2.80 bits per heavy atom. The van der Waals surface area contributed by atoms with E-state index in [-0.39, 0.29) is 5.82 Å². The standard InChI is InChI=1S/C13H18FN/c1-9-3-4-11(7-13(9)14)8-15-10(2)12-5-6-12/h3-4,7,10,12,15H,5-6,8H2,1-2H3. The van der Waals surface area contributed by atoms with Crippen molar-refractivity contribution in [2.45, 2.75) is 39.3 Å². The second-order valence-corrected chi connectivity index (χ2v) is 4.59. The summed E-state index contributed by atoms with van der Waals surface area (Å²) in [6.45, 7) is 4.77. The predicted octanol–water partition coefficient (Wildman–Crippen LogP) is 3.02. The Morgan fingerprint density at radius 1 is 1.47 bits per heavy atom. The van der Waals surface area contributed by atoms with E-state index in [2.05, 4.69) is 12.2 Å². The first-order valence-corrected chi connectivity index (χ1v) is 5.65. The molecular formula is C13H18FN. The van der Waals surface area contributed by atoms with E-state index in [1.54, 1.807) is 13.0 Å². The molecule has 0 bridgehead atoms. The van der Waals surface area contributed by atoms with Crippen molar-refractivity contribution in [2.24, 2.45) is 5.92 Å². The molecule has 1 unspecified atom stereocenters. The van der Waals surface area contributed by atoms with E-state index in [1.165, 1.54) is 12.8 Å². The minimum atomic E-state index is -0.103. The van der Waals surface area contributed by atoms with Gasteiger partial charge in [-0.1, -0.05) is 12.1 Å². The summed E-state index contributed by atoms with van der Waals surface area (Å²) in [5.74, 6) is 0.744. The first-order valence-electron chi connectivity index (χ1n) is 5.65. The zero-order chi connectivity index (χ0) is 10.8. The maximum atomic E-state index is 13.2. The molecule has 1 nitrogen and oxygen atoms in total. The van der Waals surface area contributed by atoms with Crippen LogP contribution in [0.15, 0.2) is 18.2 Å². The van der Waals surface area contributed by atoms with Crippen LogP contribution in [0.5, 0.6) is 0 Å². The molecule has 1 aliphatic carbocycles. The van der Waals surface area contributed by atoms with E-state index < -0.39 is 0 Å². The van der Waals surface area contributed by atoms with E-state index >= 15 is 0 Å². The van der Waals surface area contributed by atoms with Gasteiger partial charge >= 0.3 is 0 Å². The van der Waals surface area contributed by atoms with Gasteiger partial charge in [-0.15, -0.1) is 0 Å². The summed E-state index contributed by atoms with van der Waals surface area (Å²) in [5, 5.41) is 3.44. The molecule has 1 N–H and O–H groups in total. The van der Waals surface area contributed by atoms with Gasteiger partial charge in [-0.2, -0.15) is 0 Å². The zero-order valence-electron chi connectivity index (χ0n) is 9.39. The summed E-state index contributed by atoms with van der Waals surface area (Å²) in [6.07, 6.45) is 2.69. The summed E-state index contributed by atoms with van der Waals surface area (Å²) in [6, 6.07) is 6.02. The lowest BCUT2D eigenvalue weighted by atomic mass is 10.1. The maximum absolute atomic E-state index is 13.2. The van der Waals surface area contributed by atoms with Crippen LogP contribution in [0.2, 0.25) is 0 Å². The van der Waals surface area contributed by atoms with E-state index in [0.29, 0.717) is 11.6 Å². The third kappa shape index (κ3) is 2.78. The highest BCUT2D eigenvalue weighted by Crippen LogP contribution is 2.32. The van der Waals surface area contributed by atoms with Crippen LogP contribution in [0.4, 0.5) is 4.39 Å². The van der Waals surface area contributed by atoms with E-state index in [1.807, 2.05) is 12.1 Å². The zero-order valence-corrected chi connectivity index (χ0v) is 9.39. The van der Waals surface area contributed by atoms with Crippen LogP contribution in [0.3, 0.4) is 0 Å². The molecule has 0 spiro atoms. The van der Waals surface area contributed by atoms with Crippen molar-refractivity contribution in [3.8, 4) is 0 Å². The minimum Gasteiger partial charge on any atom is -0.310 e. The first-order chi connectivity index (χ1) is 7.16. The first kappa shape index (κ1) is 10.6. The number of hydrogen-bond donors (Lipinski definition) is 1. The summed E-state index contributed by atoms with van der Waals surface area (Å²) >= 11 is 0. The summed E-state index contributed by atoms with van der Waals surface area (Å²) < 4.78 is 13.2. The molecule has 0 saturated heterocycles. The van der Waals surface area contributed by atoms with Crippen LogP contribution < -0.4 is 5.32 Å². The van der Waals surface area contributed by atoms with E-state index in [0.717, 1.165) is 18.0 Å². The van der Waals surface area contributed by atoms with E-state index in [9.17, 15) is 4.39 Å². The minimum absolute atomic E-state index is 0.103. The van der Waals surface area contributed by atoms with Crippen molar-refractivity contribution in [2.75, 3.05) is 0 Å². The van der Waals surface area contributed by atoms with Gasteiger partial charge in [-0.05, 0) is 49.8 Å². The second-order valence-electron chi connectivity index (χ2n) is 4.59. The fraction of sp³-hybridized carbons (Fsp3) is 0.538. The third-order valence-corrected chi connectivity index (χ3v) is 3.19. The van der Waals surface area contributed by atoms with Crippen molar-refractivity contribution in [1.82, 2.24) is 5.32 Å². The van der Waals surface area contributed by atoms with Crippen molar-refractivity contribution < 1.29 is 4.39 Å². The van der Waals surface area contributed by atoms with Gasteiger partial charge in [0.15, 0.2) is 0 Å². The molecule has 1 saturated carbocycles. The Hall–Kier alpha value is -0.890. The normalized spacial score (nSPS) is 17.8. The van der Waals surface area contributed by atoms with Gasteiger partial charge < -0.3 is 5.32 Å². The van der Waals surface area contributed by atoms with Crippen LogP contribution in [-0.4, -0.2) is 6.04 Å². The molecule has 0 amide bonds. The lowest BCUT2D eigenvalue weighted by Crippen LogP contribution is -2.27. The molecule has 1 atom stereocenters. The predicted molar refractivity (Wildman–Crippen MR) is 60.2 cm³/mol. The van der Waals surface area contributed by atoms with Gasteiger partial charge in [-0.3, -0.25) is 0 Å². The molecule has 1 aromatic carbocycles. The molecule has 2 rings (SSSR count). The smallest absolute Gasteiger partial charge is 0.126 e. The summed E-state index contributed by atoms with van der Waals surface area (Å²) in [7, 11) is 0. The monoisotopic (exact) mass is 207 g/mol. The Balaban J connectivity index is 1.89. The van der Waals surface area contributed by atoms with E-state index in [4.69, 9.17) is 0 Å². The number of hydrogen-bond acceptors (Lipinski definition) is 1. The lowest BCUT2D eigenvalue weighted by molar-refractivity contribution is 0.495. The van der Waals surface area contributed by atoms with Crippen LogP contribution in [0, 0.1) is 18.7 Å². The Bertz CT molecular complexity index is 344. The fourth-order valence-electron chi connectivity index (χ4n) is 1.79. The fourth-order valence-corrected chi connectivity index (χ4v) is 1.79. The quantitative estimate of drug-likeness (QED) is 0.800. The average molecular weight is 207 g/mol. The van der Waals surface area contributed by atoms with Crippen LogP contribution in [-0.2, 0) is 6.54 Å². The molecule has 0 heterocycles. The highest BCUT2D eigenvalue weighted by Gasteiger charge is 2.27. The van der Waals surface area contributed by atoms with Gasteiger partial charge in [0.2, 0.25) is 0 Å². The molecule has 2 heteroatoms. The van der Waals surface area contributed by atoms with Crippen molar-refractivity contribution >= 4 is 0 Å². The van der Waals surface area contributed by atoms with Gasteiger partial charge in [0.1, 0.15) is 5.82 Å². The maximum Gasteiger partial charge on any atom is 0.126 e. The van der Waals surface area contributed by atoms with Gasteiger partial charge in [0.05, 0.1) is 0 Å². The number of aryl methyl sites for hydroxylation is 1. The largest absolute Gasteiger partial charge is 0.310 e. The SMILES string of the molecule is Cc1ccc(CNC(C)C2CC2)cc1F. The molecule has 0 aromatic heterocycles. The lowest BCUT2D eigenvalue weighted by Gasteiger charge is -2.12. The van der Waals surface area contributed by atoms with Crippen LogP contribution in [0.1, 0.15) is 30.9 Å². The Kier molecular flexibility index (Phi) is 3.06. The second kappa shape index (κ2) is 4.31.